The number of hydrogen-bond acceptors (Lipinski definition) is 2. The van der Waals surface area contributed by atoms with Crippen LogP contribution in [0.5, 0.6) is 0 Å². The largest absolute Gasteiger partial charge is 0.244 e. The van der Waals surface area contributed by atoms with Gasteiger partial charge in [-0.1, -0.05) is 6.92 Å². The van der Waals surface area contributed by atoms with Gasteiger partial charge < -0.3 is 0 Å². The topological polar surface area (TPSA) is 6.48 Å². The zero-order chi connectivity index (χ0) is 7.72. The Balaban J connectivity index is 2.46. The molecule has 10 heavy (non-hydrogen) atoms. The molecule has 1 heterocycles. The van der Waals surface area contributed by atoms with E-state index >= 15 is 0 Å². The van der Waals surface area contributed by atoms with Crippen LogP contribution in [0.1, 0.15) is 20.8 Å². The summed E-state index contributed by atoms with van der Waals surface area (Å²) in [5.74, 6) is 0.840. The number of hydrazine groups is 1. The van der Waals surface area contributed by atoms with E-state index in [1.54, 1.807) is 0 Å². The van der Waals surface area contributed by atoms with Crippen molar-refractivity contribution in [2.75, 3.05) is 20.1 Å². The summed E-state index contributed by atoms with van der Waals surface area (Å²) in [6.45, 7) is 9.24. The van der Waals surface area contributed by atoms with Crippen molar-refractivity contribution < 1.29 is 0 Å². The predicted molar refractivity (Wildman–Crippen MR) is 43.6 cm³/mol. The summed E-state index contributed by atoms with van der Waals surface area (Å²) in [5.41, 5.74) is 0. The van der Waals surface area contributed by atoms with Gasteiger partial charge in [-0.05, 0) is 19.8 Å². The molecule has 1 aliphatic heterocycles. The molecular formula is C8H18N2. The maximum absolute atomic E-state index is 2.42. The summed E-state index contributed by atoms with van der Waals surface area (Å²) < 4.78 is 0. The van der Waals surface area contributed by atoms with Crippen molar-refractivity contribution in [3.8, 4) is 0 Å². The van der Waals surface area contributed by atoms with Gasteiger partial charge in [0.15, 0.2) is 0 Å². The molecule has 2 heteroatoms. The van der Waals surface area contributed by atoms with Crippen molar-refractivity contribution in [2.45, 2.75) is 26.8 Å². The van der Waals surface area contributed by atoms with Gasteiger partial charge in [0.05, 0.1) is 0 Å². The molecule has 1 fully saturated rings. The Bertz CT molecular complexity index is 112. The van der Waals surface area contributed by atoms with Crippen LogP contribution in [0.2, 0.25) is 0 Å². The second-order valence-electron chi connectivity index (χ2n) is 3.66. The van der Waals surface area contributed by atoms with E-state index < -0.39 is 0 Å². The Hall–Kier alpha value is -0.0800. The summed E-state index contributed by atoms with van der Waals surface area (Å²) in [5, 5.41) is 4.75. The van der Waals surface area contributed by atoms with Crippen LogP contribution in [-0.4, -0.2) is 36.2 Å². The lowest BCUT2D eigenvalue weighted by atomic mass is 10.2. The van der Waals surface area contributed by atoms with Gasteiger partial charge in [0.2, 0.25) is 0 Å². The Kier molecular flexibility index (Phi) is 2.32. The van der Waals surface area contributed by atoms with Gasteiger partial charge in [-0.2, -0.15) is 0 Å². The van der Waals surface area contributed by atoms with Gasteiger partial charge in [-0.3, -0.25) is 0 Å². The van der Waals surface area contributed by atoms with Crippen LogP contribution in [0.25, 0.3) is 0 Å². The molecule has 0 saturated carbocycles. The van der Waals surface area contributed by atoms with Crippen molar-refractivity contribution >= 4 is 0 Å². The Morgan fingerprint density at radius 1 is 1.30 bits per heavy atom. The van der Waals surface area contributed by atoms with Gasteiger partial charge in [0, 0.05) is 26.2 Å². The second kappa shape index (κ2) is 2.89. The number of nitrogens with zero attached hydrogens (tertiary/aromatic N) is 2. The lowest BCUT2D eigenvalue weighted by molar-refractivity contribution is 0.0241. The summed E-state index contributed by atoms with van der Waals surface area (Å²) in [4.78, 5) is 0. The quantitative estimate of drug-likeness (QED) is 0.542. The van der Waals surface area contributed by atoms with Crippen LogP contribution < -0.4 is 0 Å². The Morgan fingerprint density at radius 3 is 2.10 bits per heavy atom. The smallest absolute Gasteiger partial charge is 0.0189 e. The molecule has 0 aromatic heterocycles. The highest BCUT2D eigenvalue weighted by Gasteiger charge is 2.25. The third-order valence-corrected chi connectivity index (χ3v) is 2.11. The standard InChI is InChI=1S/C8H18N2/c1-7(2)10-6-8(3)5-9(10)4/h7-8H,5-6H2,1-4H3. The van der Waals surface area contributed by atoms with Crippen molar-refractivity contribution in [2.24, 2.45) is 5.92 Å². The molecule has 0 radical (unpaired) electrons. The zero-order valence-corrected chi connectivity index (χ0v) is 7.46. The molecule has 1 rings (SSSR count). The molecule has 0 aromatic rings. The average Bonchev–Trinajstić information content (AvgIpc) is 2.10. The maximum Gasteiger partial charge on any atom is 0.0189 e. The van der Waals surface area contributed by atoms with Crippen LogP contribution in [-0.2, 0) is 0 Å². The van der Waals surface area contributed by atoms with Crippen molar-refractivity contribution in [3.05, 3.63) is 0 Å². The molecular weight excluding hydrogens is 124 g/mol. The van der Waals surface area contributed by atoms with Gasteiger partial charge in [-0.15, -0.1) is 0 Å². The molecule has 0 spiro atoms. The van der Waals surface area contributed by atoms with E-state index in [4.69, 9.17) is 0 Å². The number of rotatable bonds is 1. The van der Waals surface area contributed by atoms with Crippen LogP contribution in [0.3, 0.4) is 0 Å². The first-order valence-corrected chi connectivity index (χ1v) is 4.09. The fraction of sp³-hybridized carbons (Fsp3) is 1.00. The zero-order valence-electron chi connectivity index (χ0n) is 7.46. The minimum Gasteiger partial charge on any atom is -0.244 e. The molecule has 1 aliphatic rings. The molecule has 0 aliphatic carbocycles. The fourth-order valence-electron chi connectivity index (χ4n) is 1.68. The van der Waals surface area contributed by atoms with Gasteiger partial charge >= 0.3 is 0 Å². The average molecular weight is 142 g/mol. The Morgan fingerprint density at radius 2 is 1.90 bits per heavy atom. The summed E-state index contributed by atoms with van der Waals surface area (Å²) in [6, 6.07) is 0.662. The summed E-state index contributed by atoms with van der Waals surface area (Å²) >= 11 is 0. The van der Waals surface area contributed by atoms with E-state index in [0.29, 0.717) is 6.04 Å². The van der Waals surface area contributed by atoms with Gasteiger partial charge in [0.25, 0.3) is 0 Å². The van der Waals surface area contributed by atoms with E-state index in [-0.39, 0.29) is 0 Å². The highest BCUT2D eigenvalue weighted by molar-refractivity contribution is 4.72. The fourth-order valence-corrected chi connectivity index (χ4v) is 1.68. The molecule has 0 amide bonds. The summed E-state index contributed by atoms with van der Waals surface area (Å²) in [7, 11) is 2.17. The first-order chi connectivity index (χ1) is 4.61. The lowest BCUT2D eigenvalue weighted by Gasteiger charge is -2.27. The van der Waals surface area contributed by atoms with Crippen molar-refractivity contribution in [1.82, 2.24) is 10.0 Å². The van der Waals surface area contributed by atoms with Crippen LogP contribution in [0.4, 0.5) is 0 Å². The molecule has 0 N–H and O–H groups in total. The molecule has 0 bridgehead atoms. The molecule has 60 valence electrons. The Labute approximate surface area is 63.8 Å². The number of hydrogen-bond donors (Lipinski definition) is 0. The van der Waals surface area contributed by atoms with Crippen LogP contribution in [0, 0.1) is 5.92 Å². The van der Waals surface area contributed by atoms with E-state index in [1.807, 2.05) is 0 Å². The third kappa shape index (κ3) is 1.50. The monoisotopic (exact) mass is 142 g/mol. The second-order valence-corrected chi connectivity index (χ2v) is 3.66. The molecule has 0 aromatic carbocycles. The van der Waals surface area contributed by atoms with Crippen molar-refractivity contribution in [1.29, 1.82) is 0 Å². The van der Waals surface area contributed by atoms with Crippen LogP contribution in [0.15, 0.2) is 0 Å². The first kappa shape index (κ1) is 8.02. The van der Waals surface area contributed by atoms with Gasteiger partial charge in [-0.25, -0.2) is 10.0 Å². The van der Waals surface area contributed by atoms with Gasteiger partial charge in [0.1, 0.15) is 0 Å². The molecule has 1 atom stereocenters. The summed E-state index contributed by atoms with van der Waals surface area (Å²) in [6.07, 6.45) is 0. The van der Waals surface area contributed by atoms with E-state index in [1.165, 1.54) is 13.1 Å². The maximum atomic E-state index is 2.42. The van der Waals surface area contributed by atoms with Crippen molar-refractivity contribution in [3.63, 3.8) is 0 Å². The normalized spacial score (nSPS) is 30.3. The highest BCUT2D eigenvalue weighted by Crippen LogP contribution is 2.15. The minimum atomic E-state index is 0.662. The van der Waals surface area contributed by atoms with E-state index in [2.05, 4.69) is 37.8 Å². The predicted octanol–water partition coefficient (Wildman–Crippen LogP) is 1.19. The van der Waals surface area contributed by atoms with Crippen LogP contribution >= 0.6 is 0 Å². The highest BCUT2D eigenvalue weighted by atomic mass is 15.6. The van der Waals surface area contributed by atoms with E-state index in [0.717, 1.165) is 5.92 Å². The molecule has 1 saturated heterocycles. The lowest BCUT2D eigenvalue weighted by Crippen LogP contribution is -2.38. The SMILES string of the molecule is CC1CN(C)N(C(C)C)C1. The first-order valence-electron chi connectivity index (χ1n) is 4.09. The minimum absolute atomic E-state index is 0.662. The third-order valence-electron chi connectivity index (χ3n) is 2.11. The molecule has 2 nitrogen and oxygen atoms in total. The molecule has 1 unspecified atom stereocenters. The van der Waals surface area contributed by atoms with E-state index in [9.17, 15) is 0 Å².